The van der Waals surface area contributed by atoms with E-state index in [1.807, 2.05) is 32.0 Å². The van der Waals surface area contributed by atoms with E-state index in [-0.39, 0.29) is 6.61 Å². The number of aromatic nitrogens is 2. The number of rotatable bonds is 4. The number of aliphatic hydroxyl groups is 1. The van der Waals surface area contributed by atoms with Crippen LogP contribution in [0, 0.1) is 6.92 Å². The molecule has 0 atom stereocenters. The smallest absolute Gasteiger partial charge is 0.219 e. The van der Waals surface area contributed by atoms with Gasteiger partial charge >= 0.3 is 0 Å². The van der Waals surface area contributed by atoms with Crippen LogP contribution in [0.15, 0.2) is 30.5 Å². The van der Waals surface area contributed by atoms with E-state index >= 15 is 0 Å². The van der Waals surface area contributed by atoms with Crippen molar-refractivity contribution in [2.75, 3.05) is 0 Å². The Morgan fingerprint density at radius 2 is 2.11 bits per heavy atom. The van der Waals surface area contributed by atoms with Crippen LogP contribution in [0.3, 0.4) is 0 Å². The lowest BCUT2D eigenvalue weighted by molar-refractivity contribution is 0.281. The fourth-order valence-corrected chi connectivity index (χ4v) is 1.58. The minimum Gasteiger partial charge on any atom is -0.437 e. The van der Waals surface area contributed by atoms with E-state index in [2.05, 4.69) is 9.97 Å². The van der Waals surface area contributed by atoms with Crippen LogP contribution >= 0.6 is 0 Å². The lowest BCUT2D eigenvalue weighted by Gasteiger charge is -2.08. The molecule has 2 aromatic rings. The van der Waals surface area contributed by atoms with Gasteiger partial charge in [0.25, 0.3) is 0 Å². The normalized spacial score (nSPS) is 10.4. The zero-order chi connectivity index (χ0) is 13.0. The fourth-order valence-electron chi connectivity index (χ4n) is 1.58. The topological polar surface area (TPSA) is 55.2 Å². The molecule has 0 radical (unpaired) electrons. The van der Waals surface area contributed by atoms with Crippen molar-refractivity contribution in [2.45, 2.75) is 26.9 Å². The molecule has 4 heteroatoms. The third-order valence-electron chi connectivity index (χ3n) is 2.57. The van der Waals surface area contributed by atoms with Crippen LogP contribution < -0.4 is 4.74 Å². The summed E-state index contributed by atoms with van der Waals surface area (Å²) in [5.41, 5.74) is 2.64. The van der Waals surface area contributed by atoms with Crippen molar-refractivity contribution >= 4 is 0 Å². The highest BCUT2D eigenvalue weighted by molar-refractivity contribution is 5.29. The standard InChI is InChI=1S/C14H16N2O2/c1-3-12-6-11(9-17)7-14(16-12)18-13-5-4-10(2)15-8-13/h4-8,17H,3,9H2,1-2H3. The molecule has 0 amide bonds. The van der Waals surface area contributed by atoms with E-state index in [0.717, 1.165) is 23.4 Å². The van der Waals surface area contributed by atoms with Gasteiger partial charge in [0.15, 0.2) is 0 Å². The Morgan fingerprint density at radius 1 is 1.28 bits per heavy atom. The fraction of sp³-hybridized carbons (Fsp3) is 0.286. The summed E-state index contributed by atoms with van der Waals surface area (Å²) in [5.74, 6) is 1.13. The molecule has 0 saturated heterocycles. The molecular formula is C14H16N2O2. The second-order valence-corrected chi connectivity index (χ2v) is 4.05. The molecule has 94 valence electrons. The van der Waals surface area contributed by atoms with E-state index in [0.29, 0.717) is 11.6 Å². The summed E-state index contributed by atoms with van der Waals surface area (Å²) >= 11 is 0. The highest BCUT2D eigenvalue weighted by Crippen LogP contribution is 2.20. The number of nitrogens with zero attached hydrogens (tertiary/aromatic N) is 2. The second kappa shape index (κ2) is 5.60. The first-order valence-electron chi connectivity index (χ1n) is 5.92. The van der Waals surface area contributed by atoms with Crippen LogP contribution in [-0.4, -0.2) is 15.1 Å². The Bertz CT molecular complexity index is 502. The molecule has 0 bridgehead atoms. The average molecular weight is 244 g/mol. The highest BCUT2D eigenvalue weighted by atomic mass is 16.5. The minimum atomic E-state index is -0.0158. The van der Waals surface area contributed by atoms with Gasteiger partial charge < -0.3 is 9.84 Å². The molecule has 2 aromatic heterocycles. The van der Waals surface area contributed by atoms with Crippen LogP contribution in [0.5, 0.6) is 11.6 Å². The molecule has 2 heterocycles. The molecule has 0 fully saturated rings. The van der Waals surface area contributed by atoms with Crippen molar-refractivity contribution in [2.24, 2.45) is 0 Å². The van der Waals surface area contributed by atoms with Crippen molar-refractivity contribution in [3.8, 4) is 11.6 Å². The first-order chi connectivity index (χ1) is 8.71. The van der Waals surface area contributed by atoms with Crippen LogP contribution in [0.25, 0.3) is 0 Å². The summed E-state index contributed by atoms with van der Waals surface area (Å²) < 4.78 is 5.63. The lowest BCUT2D eigenvalue weighted by Crippen LogP contribution is -1.96. The van der Waals surface area contributed by atoms with E-state index in [1.54, 1.807) is 12.3 Å². The summed E-state index contributed by atoms with van der Waals surface area (Å²) in [4.78, 5) is 8.51. The summed E-state index contributed by atoms with van der Waals surface area (Å²) in [6, 6.07) is 7.34. The monoisotopic (exact) mass is 244 g/mol. The number of pyridine rings is 2. The van der Waals surface area contributed by atoms with Gasteiger partial charge in [-0.15, -0.1) is 0 Å². The maximum Gasteiger partial charge on any atom is 0.219 e. The first kappa shape index (κ1) is 12.5. The van der Waals surface area contributed by atoms with E-state index < -0.39 is 0 Å². The van der Waals surface area contributed by atoms with Crippen molar-refractivity contribution in [1.82, 2.24) is 9.97 Å². The summed E-state index contributed by atoms with van der Waals surface area (Å²) in [7, 11) is 0. The summed E-state index contributed by atoms with van der Waals surface area (Å²) in [6.07, 6.45) is 2.46. The molecule has 0 aliphatic heterocycles. The van der Waals surface area contributed by atoms with Crippen molar-refractivity contribution < 1.29 is 9.84 Å². The predicted molar refractivity (Wildman–Crippen MR) is 68.6 cm³/mol. The van der Waals surface area contributed by atoms with Gasteiger partial charge in [0.1, 0.15) is 5.75 Å². The zero-order valence-corrected chi connectivity index (χ0v) is 10.6. The van der Waals surface area contributed by atoms with Gasteiger partial charge in [0.2, 0.25) is 5.88 Å². The lowest BCUT2D eigenvalue weighted by atomic mass is 10.2. The highest BCUT2D eigenvalue weighted by Gasteiger charge is 2.04. The average Bonchev–Trinajstić information content (AvgIpc) is 2.41. The Kier molecular flexibility index (Phi) is 3.89. The van der Waals surface area contributed by atoms with Crippen LogP contribution in [-0.2, 0) is 13.0 Å². The molecule has 0 spiro atoms. The molecule has 0 unspecified atom stereocenters. The third-order valence-corrected chi connectivity index (χ3v) is 2.57. The van der Waals surface area contributed by atoms with Crippen LogP contribution in [0.1, 0.15) is 23.9 Å². The van der Waals surface area contributed by atoms with Crippen LogP contribution in [0.4, 0.5) is 0 Å². The van der Waals surface area contributed by atoms with Gasteiger partial charge in [-0.05, 0) is 37.1 Å². The minimum absolute atomic E-state index is 0.0158. The van der Waals surface area contributed by atoms with Gasteiger partial charge in [0, 0.05) is 17.5 Å². The van der Waals surface area contributed by atoms with Crippen molar-refractivity contribution in [3.63, 3.8) is 0 Å². The Balaban J connectivity index is 2.25. The van der Waals surface area contributed by atoms with Crippen LogP contribution in [0.2, 0.25) is 0 Å². The van der Waals surface area contributed by atoms with E-state index in [9.17, 15) is 5.11 Å². The summed E-state index contributed by atoms with van der Waals surface area (Å²) in [6.45, 7) is 3.92. The molecule has 0 saturated carbocycles. The molecule has 0 aliphatic carbocycles. The molecule has 1 N–H and O–H groups in total. The molecule has 4 nitrogen and oxygen atoms in total. The number of hydrogen-bond donors (Lipinski definition) is 1. The molecule has 0 aliphatic rings. The van der Waals surface area contributed by atoms with Crippen molar-refractivity contribution in [1.29, 1.82) is 0 Å². The number of hydrogen-bond acceptors (Lipinski definition) is 4. The number of aliphatic hydroxyl groups excluding tert-OH is 1. The van der Waals surface area contributed by atoms with Gasteiger partial charge in [-0.1, -0.05) is 6.92 Å². The summed E-state index contributed by atoms with van der Waals surface area (Å²) in [5, 5.41) is 9.19. The van der Waals surface area contributed by atoms with Gasteiger partial charge in [-0.25, -0.2) is 4.98 Å². The maximum absolute atomic E-state index is 9.19. The molecule has 18 heavy (non-hydrogen) atoms. The number of aryl methyl sites for hydroxylation is 2. The second-order valence-electron chi connectivity index (χ2n) is 4.05. The first-order valence-corrected chi connectivity index (χ1v) is 5.92. The SMILES string of the molecule is CCc1cc(CO)cc(Oc2ccc(C)nc2)n1. The van der Waals surface area contributed by atoms with Gasteiger partial charge in [-0.3, -0.25) is 4.98 Å². The van der Waals surface area contributed by atoms with Gasteiger partial charge in [0.05, 0.1) is 12.8 Å². The largest absolute Gasteiger partial charge is 0.437 e. The maximum atomic E-state index is 9.19. The van der Waals surface area contributed by atoms with Crippen molar-refractivity contribution in [3.05, 3.63) is 47.4 Å². The Morgan fingerprint density at radius 3 is 2.72 bits per heavy atom. The molecule has 0 aromatic carbocycles. The number of ether oxygens (including phenoxy) is 1. The molecule has 2 rings (SSSR count). The third kappa shape index (κ3) is 3.05. The Labute approximate surface area is 106 Å². The quantitative estimate of drug-likeness (QED) is 0.898. The zero-order valence-electron chi connectivity index (χ0n) is 10.6. The molecular weight excluding hydrogens is 228 g/mol. The van der Waals surface area contributed by atoms with E-state index in [1.165, 1.54) is 0 Å². The van der Waals surface area contributed by atoms with E-state index in [4.69, 9.17) is 4.74 Å². The van der Waals surface area contributed by atoms with Gasteiger partial charge in [-0.2, -0.15) is 0 Å². The Hall–Kier alpha value is -1.94. The predicted octanol–water partition coefficient (Wildman–Crippen LogP) is 2.63.